The highest BCUT2D eigenvalue weighted by atomic mass is 32.2. The lowest BCUT2D eigenvalue weighted by Crippen LogP contribution is -2.12. The van der Waals surface area contributed by atoms with Gasteiger partial charge in [-0.1, -0.05) is 12.1 Å². The Hall–Kier alpha value is -1.49. The number of carboxylic acids is 1. The van der Waals surface area contributed by atoms with Crippen LogP contribution in [0.15, 0.2) is 24.3 Å². The van der Waals surface area contributed by atoms with Crippen molar-refractivity contribution in [3.05, 3.63) is 29.8 Å². The van der Waals surface area contributed by atoms with Gasteiger partial charge in [0.2, 0.25) is 5.91 Å². The third kappa shape index (κ3) is 5.34. The zero-order valence-electron chi connectivity index (χ0n) is 11.2. The van der Waals surface area contributed by atoms with E-state index in [2.05, 4.69) is 5.32 Å². The van der Waals surface area contributed by atoms with Gasteiger partial charge in [-0.05, 0) is 43.0 Å². The van der Waals surface area contributed by atoms with Gasteiger partial charge in [0.15, 0.2) is 0 Å². The third-order valence-corrected chi connectivity index (χ3v) is 3.49. The fourth-order valence-electron chi connectivity index (χ4n) is 1.63. The van der Waals surface area contributed by atoms with E-state index in [1.165, 1.54) is 0 Å². The van der Waals surface area contributed by atoms with Gasteiger partial charge in [-0.15, -0.1) is 0 Å². The maximum atomic E-state index is 11.7. The standard InChI is InChI=1S/C14H19NO3S/c1-10(14(17)18)11-5-3-6-12(9-11)15-13(16)7-4-8-19-2/h3,5-6,9-10H,4,7-8H2,1-2H3,(H,15,16)(H,17,18). The van der Waals surface area contributed by atoms with E-state index in [1.54, 1.807) is 43.0 Å². The maximum absolute atomic E-state index is 11.7. The average Bonchev–Trinajstić information content (AvgIpc) is 2.38. The van der Waals surface area contributed by atoms with Gasteiger partial charge < -0.3 is 10.4 Å². The molecule has 0 bridgehead atoms. The number of carbonyl (C=O) groups excluding carboxylic acids is 1. The van der Waals surface area contributed by atoms with E-state index in [9.17, 15) is 9.59 Å². The number of carbonyl (C=O) groups is 2. The quantitative estimate of drug-likeness (QED) is 0.754. The molecular formula is C14H19NO3S. The number of benzene rings is 1. The highest BCUT2D eigenvalue weighted by Gasteiger charge is 2.14. The van der Waals surface area contributed by atoms with Gasteiger partial charge in [0.1, 0.15) is 0 Å². The Bertz CT molecular complexity index is 448. The highest BCUT2D eigenvalue weighted by molar-refractivity contribution is 7.98. The summed E-state index contributed by atoms with van der Waals surface area (Å²) in [5.74, 6) is -0.519. The highest BCUT2D eigenvalue weighted by Crippen LogP contribution is 2.19. The minimum atomic E-state index is -0.872. The molecule has 1 rings (SSSR count). The Labute approximate surface area is 117 Å². The molecule has 0 aromatic heterocycles. The molecule has 1 aromatic rings. The van der Waals surface area contributed by atoms with Gasteiger partial charge in [0.25, 0.3) is 0 Å². The first-order valence-electron chi connectivity index (χ1n) is 6.16. The number of rotatable bonds is 7. The van der Waals surface area contributed by atoms with Crippen molar-refractivity contribution in [1.82, 2.24) is 0 Å². The van der Waals surface area contributed by atoms with E-state index in [4.69, 9.17) is 5.11 Å². The number of anilines is 1. The second kappa shape index (κ2) is 7.84. The number of nitrogens with one attached hydrogen (secondary N) is 1. The molecule has 0 heterocycles. The molecule has 1 aromatic carbocycles. The van der Waals surface area contributed by atoms with E-state index in [0.717, 1.165) is 12.2 Å². The van der Waals surface area contributed by atoms with Crippen molar-refractivity contribution in [2.24, 2.45) is 0 Å². The van der Waals surface area contributed by atoms with Crippen molar-refractivity contribution in [2.45, 2.75) is 25.7 Å². The van der Waals surface area contributed by atoms with E-state index in [1.807, 2.05) is 6.26 Å². The zero-order valence-corrected chi connectivity index (χ0v) is 12.0. The summed E-state index contributed by atoms with van der Waals surface area (Å²) in [5.41, 5.74) is 1.34. The molecule has 0 fully saturated rings. The molecule has 2 N–H and O–H groups in total. The molecule has 0 aliphatic heterocycles. The molecule has 4 nitrogen and oxygen atoms in total. The van der Waals surface area contributed by atoms with Crippen LogP contribution in [0.2, 0.25) is 0 Å². The number of aliphatic carboxylic acids is 1. The minimum absolute atomic E-state index is 0.0332. The Balaban J connectivity index is 2.62. The molecule has 1 atom stereocenters. The molecule has 0 saturated carbocycles. The monoisotopic (exact) mass is 281 g/mol. The fourth-order valence-corrected chi connectivity index (χ4v) is 2.06. The molecule has 0 spiro atoms. The van der Waals surface area contributed by atoms with E-state index in [0.29, 0.717) is 17.7 Å². The Morgan fingerprint density at radius 1 is 1.42 bits per heavy atom. The van der Waals surface area contributed by atoms with Gasteiger partial charge in [0, 0.05) is 12.1 Å². The number of hydrogen-bond donors (Lipinski definition) is 2. The minimum Gasteiger partial charge on any atom is -0.481 e. The molecular weight excluding hydrogens is 262 g/mol. The molecule has 5 heteroatoms. The van der Waals surface area contributed by atoms with E-state index < -0.39 is 11.9 Å². The van der Waals surface area contributed by atoms with Crippen molar-refractivity contribution in [3.63, 3.8) is 0 Å². The first kappa shape index (κ1) is 15.6. The summed E-state index contributed by atoms with van der Waals surface area (Å²) < 4.78 is 0. The zero-order chi connectivity index (χ0) is 14.3. The maximum Gasteiger partial charge on any atom is 0.310 e. The van der Waals surface area contributed by atoms with Gasteiger partial charge in [-0.2, -0.15) is 11.8 Å². The number of hydrogen-bond acceptors (Lipinski definition) is 3. The van der Waals surface area contributed by atoms with Crippen LogP contribution in [0.5, 0.6) is 0 Å². The second-order valence-corrected chi connectivity index (χ2v) is 5.32. The van der Waals surface area contributed by atoms with Crippen LogP contribution in [0.25, 0.3) is 0 Å². The summed E-state index contributed by atoms with van der Waals surface area (Å²) in [6.45, 7) is 1.63. The molecule has 19 heavy (non-hydrogen) atoms. The van der Waals surface area contributed by atoms with Crippen molar-refractivity contribution < 1.29 is 14.7 Å². The van der Waals surface area contributed by atoms with E-state index in [-0.39, 0.29) is 5.91 Å². The molecule has 0 aliphatic rings. The number of thioether (sulfide) groups is 1. The van der Waals surface area contributed by atoms with Crippen LogP contribution in [-0.4, -0.2) is 29.0 Å². The molecule has 104 valence electrons. The summed E-state index contributed by atoms with van der Waals surface area (Å²) in [6, 6.07) is 6.99. The van der Waals surface area contributed by atoms with Crippen molar-refractivity contribution in [1.29, 1.82) is 0 Å². The van der Waals surface area contributed by atoms with Crippen LogP contribution in [0.1, 0.15) is 31.2 Å². The number of amides is 1. The van der Waals surface area contributed by atoms with Crippen molar-refractivity contribution in [3.8, 4) is 0 Å². The molecule has 0 aliphatic carbocycles. The lowest BCUT2D eigenvalue weighted by Gasteiger charge is -2.10. The SMILES string of the molecule is CSCCCC(=O)Nc1cccc(C(C)C(=O)O)c1. The summed E-state index contributed by atoms with van der Waals surface area (Å²) >= 11 is 1.71. The lowest BCUT2D eigenvalue weighted by atomic mass is 10.0. The van der Waals surface area contributed by atoms with Crippen LogP contribution in [-0.2, 0) is 9.59 Å². The largest absolute Gasteiger partial charge is 0.481 e. The number of carboxylic acid groups (broad SMARTS) is 1. The normalized spacial score (nSPS) is 11.9. The molecule has 0 saturated heterocycles. The van der Waals surface area contributed by atoms with Crippen molar-refractivity contribution >= 4 is 29.3 Å². The summed E-state index contributed by atoms with van der Waals surface area (Å²) in [6.07, 6.45) is 3.34. The van der Waals surface area contributed by atoms with Crippen molar-refractivity contribution in [2.75, 3.05) is 17.3 Å². The third-order valence-electron chi connectivity index (χ3n) is 2.79. The van der Waals surface area contributed by atoms with Crippen LogP contribution >= 0.6 is 11.8 Å². The van der Waals surface area contributed by atoms with Gasteiger partial charge in [-0.3, -0.25) is 9.59 Å². The first-order valence-corrected chi connectivity index (χ1v) is 7.55. The Kier molecular flexibility index (Phi) is 6.42. The van der Waals surface area contributed by atoms with Crippen LogP contribution < -0.4 is 5.32 Å². The fraction of sp³-hybridized carbons (Fsp3) is 0.429. The van der Waals surface area contributed by atoms with E-state index >= 15 is 0 Å². The molecule has 1 unspecified atom stereocenters. The smallest absolute Gasteiger partial charge is 0.310 e. The van der Waals surface area contributed by atoms with Gasteiger partial charge in [0.05, 0.1) is 5.92 Å². The Morgan fingerprint density at radius 2 is 2.16 bits per heavy atom. The second-order valence-electron chi connectivity index (χ2n) is 4.33. The molecule has 0 radical (unpaired) electrons. The summed E-state index contributed by atoms with van der Waals surface area (Å²) in [4.78, 5) is 22.6. The first-order chi connectivity index (χ1) is 9.04. The van der Waals surface area contributed by atoms with Gasteiger partial charge in [-0.25, -0.2) is 0 Å². The van der Waals surface area contributed by atoms with Crippen LogP contribution in [0.4, 0.5) is 5.69 Å². The van der Waals surface area contributed by atoms with Gasteiger partial charge >= 0.3 is 5.97 Å². The van der Waals surface area contributed by atoms with Crippen LogP contribution in [0.3, 0.4) is 0 Å². The average molecular weight is 281 g/mol. The lowest BCUT2D eigenvalue weighted by molar-refractivity contribution is -0.138. The summed E-state index contributed by atoms with van der Waals surface area (Å²) in [5, 5.41) is 11.8. The topological polar surface area (TPSA) is 66.4 Å². The predicted octanol–water partition coefficient (Wildman–Crippen LogP) is 2.96. The predicted molar refractivity (Wildman–Crippen MR) is 78.7 cm³/mol. The molecule has 1 amide bonds. The van der Waals surface area contributed by atoms with Crippen LogP contribution in [0, 0.1) is 0 Å². The summed E-state index contributed by atoms with van der Waals surface area (Å²) in [7, 11) is 0. The Morgan fingerprint density at radius 3 is 2.79 bits per heavy atom.